The molecule has 0 atom stereocenters. The smallest absolute Gasteiger partial charge is 0.0979 e. The number of anilines is 3. The Morgan fingerprint density at radius 1 is 0.395 bits per heavy atom. The summed E-state index contributed by atoms with van der Waals surface area (Å²) in [4.78, 5) is 12.6. The lowest BCUT2D eigenvalue weighted by Crippen LogP contribution is -2.09. The average molecular weight is 681 g/mol. The SMILES string of the molecule is Brc1ccc2c(c1)c1cc(Br)ccc1c1nc3cc(-c4ccc(N(c5ccccc5)c5ccccc5)cc4)ccc3nc21. The topological polar surface area (TPSA) is 29.0 Å². The monoisotopic (exact) mass is 679 g/mol. The number of hydrogen-bond donors (Lipinski definition) is 0. The van der Waals surface area contributed by atoms with E-state index in [1.54, 1.807) is 0 Å². The fourth-order valence-corrected chi connectivity index (χ4v) is 6.63. The molecule has 7 aromatic carbocycles. The van der Waals surface area contributed by atoms with E-state index >= 15 is 0 Å². The van der Waals surface area contributed by atoms with Crippen molar-refractivity contribution in [3.8, 4) is 11.1 Å². The van der Waals surface area contributed by atoms with Gasteiger partial charge in [0, 0.05) is 36.8 Å². The largest absolute Gasteiger partial charge is 0.311 e. The third kappa shape index (κ3) is 4.66. The highest BCUT2D eigenvalue weighted by atomic mass is 79.9. The molecule has 0 radical (unpaired) electrons. The molecule has 3 nitrogen and oxygen atoms in total. The van der Waals surface area contributed by atoms with Gasteiger partial charge in [0.1, 0.15) is 0 Å². The van der Waals surface area contributed by atoms with Gasteiger partial charge in [-0.05, 0) is 94.7 Å². The Bertz CT molecular complexity index is 2260. The zero-order valence-electron chi connectivity index (χ0n) is 22.9. The summed E-state index contributed by atoms with van der Waals surface area (Å²) < 4.78 is 2.08. The Kier molecular flexibility index (Phi) is 6.43. The van der Waals surface area contributed by atoms with Crippen LogP contribution in [0.5, 0.6) is 0 Å². The van der Waals surface area contributed by atoms with Crippen LogP contribution in [0, 0.1) is 0 Å². The Hall–Kier alpha value is -4.58. The number of halogens is 2. The second-order valence-corrected chi connectivity index (χ2v) is 12.4. The van der Waals surface area contributed by atoms with Crippen molar-refractivity contribution < 1.29 is 0 Å². The first-order valence-electron chi connectivity index (χ1n) is 14.1. The van der Waals surface area contributed by atoms with E-state index in [2.05, 4.69) is 164 Å². The summed E-state index contributed by atoms with van der Waals surface area (Å²) in [7, 11) is 0. The van der Waals surface area contributed by atoms with Gasteiger partial charge >= 0.3 is 0 Å². The first-order chi connectivity index (χ1) is 21.1. The quantitative estimate of drug-likeness (QED) is 0.137. The summed E-state index contributed by atoms with van der Waals surface area (Å²) in [5.74, 6) is 0. The van der Waals surface area contributed by atoms with Crippen LogP contribution in [0.2, 0.25) is 0 Å². The van der Waals surface area contributed by atoms with Gasteiger partial charge in [0.2, 0.25) is 0 Å². The van der Waals surface area contributed by atoms with Crippen molar-refractivity contribution in [3.63, 3.8) is 0 Å². The summed E-state index contributed by atoms with van der Waals surface area (Å²) in [5.41, 5.74) is 9.17. The van der Waals surface area contributed by atoms with E-state index in [4.69, 9.17) is 9.97 Å². The third-order valence-corrected chi connectivity index (χ3v) is 8.90. The van der Waals surface area contributed by atoms with Gasteiger partial charge in [-0.25, -0.2) is 9.97 Å². The van der Waals surface area contributed by atoms with E-state index in [9.17, 15) is 0 Å². The van der Waals surface area contributed by atoms with Crippen molar-refractivity contribution in [2.45, 2.75) is 0 Å². The maximum atomic E-state index is 5.22. The first-order valence-corrected chi connectivity index (χ1v) is 15.6. The Labute approximate surface area is 265 Å². The summed E-state index contributed by atoms with van der Waals surface area (Å²) in [6.07, 6.45) is 0. The van der Waals surface area contributed by atoms with Crippen LogP contribution in [0.4, 0.5) is 17.1 Å². The van der Waals surface area contributed by atoms with Crippen LogP contribution < -0.4 is 4.90 Å². The lowest BCUT2D eigenvalue weighted by atomic mass is 9.99. The zero-order valence-corrected chi connectivity index (χ0v) is 26.0. The minimum Gasteiger partial charge on any atom is -0.311 e. The van der Waals surface area contributed by atoms with Crippen LogP contribution in [-0.2, 0) is 0 Å². The van der Waals surface area contributed by atoms with Crippen LogP contribution in [0.1, 0.15) is 0 Å². The fraction of sp³-hybridized carbons (Fsp3) is 0. The van der Waals surface area contributed by atoms with E-state index in [1.807, 2.05) is 12.1 Å². The first kappa shape index (κ1) is 26.1. The number of hydrogen-bond acceptors (Lipinski definition) is 3. The second kappa shape index (κ2) is 10.6. The molecule has 0 aliphatic carbocycles. The highest BCUT2D eigenvalue weighted by Gasteiger charge is 2.15. The van der Waals surface area contributed by atoms with Crippen LogP contribution in [-0.4, -0.2) is 9.97 Å². The average Bonchev–Trinajstić information content (AvgIpc) is 3.05. The van der Waals surface area contributed by atoms with E-state index < -0.39 is 0 Å². The molecule has 0 saturated heterocycles. The molecule has 0 bridgehead atoms. The van der Waals surface area contributed by atoms with Crippen molar-refractivity contribution >= 4 is 92.5 Å². The number of aromatic nitrogens is 2. The molecule has 0 spiro atoms. The third-order valence-electron chi connectivity index (χ3n) is 7.92. The lowest BCUT2D eigenvalue weighted by molar-refractivity contribution is 1.28. The standard InChI is InChI=1S/C38H23Br2N3/c39-26-14-18-31-33(22-26)34-23-27(40)15-19-32(34)38-37(31)41-35-20-13-25(21-36(35)42-38)24-11-16-30(17-12-24)43(28-7-3-1-4-8-28)29-9-5-2-6-10-29/h1-23H. The van der Waals surface area contributed by atoms with Crippen LogP contribution in [0.25, 0.3) is 54.7 Å². The summed E-state index contributed by atoms with van der Waals surface area (Å²) >= 11 is 7.32. The van der Waals surface area contributed by atoms with Crippen LogP contribution >= 0.6 is 31.9 Å². The molecule has 0 amide bonds. The van der Waals surface area contributed by atoms with Gasteiger partial charge in [0.05, 0.1) is 22.1 Å². The van der Waals surface area contributed by atoms with Gasteiger partial charge in [0.25, 0.3) is 0 Å². The molecule has 1 aromatic heterocycles. The molecule has 0 N–H and O–H groups in total. The second-order valence-electron chi connectivity index (χ2n) is 10.6. The van der Waals surface area contributed by atoms with E-state index in [1.165, 1.54) is 0 Å². The highest BCUT2D eigenvalue weighted by molar-refractivity contribution is 9.10. The molecule has 0 unspecified atom stereocenters. The Morgan fingerprint density at radius 2 is 0.884 bits per heavy atom. The zero-order chi connectivity index (χ0) is 28.9. The fourth-order valence-electron chi connectivity index (χ4n) is 5.91. The molecular weight excluding hydrogens is 658 g/mol. The van der Waals surface area contributed by atoms with Gasteiger partial charge in [-0.1, -0.05) is 98.6 Å². The molecule has 0 aliphatic rings. The van der Waals surface area contributed by atoms with Gasteiger partial charge in [-0.15, -0.1) is 0 Å². The molecule has 8 rings (SSSR count). The molecule has 0 aliphatic heterocycles. The normalized spacial score (nSPS) is 11.5. The van der Waals surface area contributed by atoms with Gasteiger partial charge in [-0.3, -0.25) is 0 Å². The predicted octanol–water partition coefficient (Wildman–Crippen LogP) is 11.8. The highest BCUT2D eigenvalue weighted by Crippen LogP contribution is 2.38. The molecule has 5 heteroatoms. The molecular formula is C38H23Br2N3. The maximum absolute atomic E-state index is 5.22. The minimum atomic E-state index is 0.880. The van der Waals surface area contributed by atoms with Crippen molar-refractivity contribution in [2.24, 2.45) is 0 Å². The van der Waals surface area contributed by atoms with E-state index in [-0.39, 0.29) is 0 Å². The van der Waals surface area contributed by atoms with Gasteiger partial charge < -0.3 is 4.90 Å². The number of rotatable bonds is 4. The molecule has 1 heterocycles. The number of benzene rings is 7. The van der Waals surface area contributed by atoms with Crippen molar-refractivity contribution in [1.82, 2.24) is 9.97 Å². The molecule has 8 aromatic rings. The van der Waals surface area contributed by atoms with Crippen LogP contribution in [0.3, 0.4) is 0 Å². The van der Waals surface area contributed by atoms with E-state index in [0.717, 1.165) is 80.7 Å². The van der Waals surface area contributed by atoms with Crippen molar-refractivity contribution in [2.75, 3.05) is 4.90 Å². The van der Waals surface area contributed by atoms with Crippen LogP contribution in [0.15, 0.2) is 148 Å². The Balaban J connectivity index is 1.25. The predicted molar refractivity (Wildman–Crippen MR) is 188 cm³/mol. The Morgan fingerprint density at radius 3 is 1.44 bits per heavy atom. The number of nitrogens with zero attached hydrogens (tertiary/aromatic N) is 3. The summed E-state index contributed by atoms with van der Waals surface area (Å²) in [6, 6.07) is 48.8. The van der Waals surface area contributed by atoms with Gasteiger partial charge in [0.15, 0.2) is 0 Å². The molecule has 204 valence electrons. The minimum absolute atomic E-state index is 0.880. The van der Waals surface area contributed by atoms with Crippen molar-refractivity contribution in [3.05, 3.63) is 148 Å². The molecule has 0 fully saturated rings. The van der Waals surface area contributed by atoms with E-state index in [0.29, 0.717) is 0 Å². The summed E-state index contributed by atoms with van der Waals surface area (Å²) in [5, 5.41) is 4.50. The van der Waals surface area contributed by atoms with Gasteiger partial charge in [-0.2, -0.15) is 0 Å². The maximum Gasteiger partial charge on any atom is 0.0979 e. The number of fused-ring (bicyclic) bond motifs is 7. The van der Waals surface area contributed by atoms with Crippen molar-refractivity contribution in [1.29, 1.82) is 0 Å². The summed E-state index contributed by atoms with van der Waals surface area (Å²) in [6.45, 7) is 0. The number of para-hydroxylation sites is 2. The lowest BCUT2D eigenvalue weighted by Gasteiger charge is -2.25. The molecule has 0 saturated carbocycles. The molecule has 43 heavy (non-hydrogen) atoms.